The Labute approximate surface area is 108 Å². The molecule has 4 nitrogen and oxygen atoms in total. The minimum absolute atomic E-state index is 0.311. The predicted molar refractivity (Wildman–Crippen MR) is 69.7 cm³/mol. The molecule has 1 aliphatic heterocycles. The first-order valence-corrected chi connectivity index (χ1v) is 6.56. The van der Waals surface area contributed by atoms with Gasteiger partial charge in [-0.05, 0) is 40.5 Å². The lowest BCUT2D eigenvalue weighted by Gasteiger charge is -2.32. The highest BCUT2D eigenvalue weighted by Gasteiger charge is 2.53. The van der Waals surface area contributed by atoms with Crippen molar-refractivity contribution in [3.05, 3.63) is 18.2 Å². The maximum Gasteiger partial charge on any atom is 0.498 e. The van der Waals surface area contributed by atoms with Gasteiger partial charge < -0.3 is 9.31 Å². The average Bonchev–Trinajstić information content (AvgIpc) is 3.08. The highest BCUT2D eigenvalue weighted by atomic mass is 16.7. The van der Waals surface area contributed by atoms with E-state index in [9.17, 15) is 0 Å². The van der Waals surface area contributed by atoms with Crippen LogP contribution in [0.1, 0.15) is 52.1 Å². The summed E-state index contributed by atoms with van der Waals surface area (Å²) in [5.74, 6) is 0.571. The molecule has 0 unspecified atom stereocenters. The van der Waals surface area contributed by atoms with E-state index in [4.69, 9.17) is 9.31 Å². The fourth-order valence-electron chi connectivity index (χ4n) is 2.20. The monoisotopic (exact) mass is 246 g/mol. The zero-order valence-corrected chi connectivity index (χ0v) is 11.4. The van der Waals surface area contributed by atoms with E-state index in [1.165, 1.54) is 12.8 Å². The smallest absolute Gasteiger partial charge is 0.399 e. The Hall–Kier alpha value is -0.935. The van der Waals surface area contributed by atoms with Gasteiger partial charge in [0.2, 0.25) is 0 Å². The molecule has 1 aromatic rings. The first-order chi connectivity index (χ1) is 8.41. The molecule has 0 aromatic carbocycles. The Balaban J connectivity index is 1.93. The van der Waals surface area contributed by atoms with Crippen LogP contribution in [0.2, 0.25) is 0 Å². The molecular formula is C13H19BN2O2. The fourth-order valence-corrected chi connectivity index (χ4v) is 2.20. The molecule has 0 amide bonds. The third-order valence-electron chi connectivity index (χ3n) is 4.24. The molecule has 96 valence electrons. The van der Waals surface area contributed by atoms with Crippen LogP contribution < -0.4 is 5.46 Å². The molecule has 1 saturated heterocycles. The molecule has 2 aliphatic rings. The van der Waals surface area contributed by atoms with Crippen molar-refractivity contribution in [1.29, 1.82) is 0 Å². The summed E-state index contributed by atoms with van der Waals surface area (Å²) in [6.45, 7) is 8.25. The second-order valence-electron chi connectivity index (χ2n) is 6.23. The molecule has 18 heavy (non-hydrogen) atoms. The van der Waals surface area contributed by atoms with Gasteiger partial charge in [0.15, 0.2) is 0 Å². The van der Waals surface area contributed by atoms with Crippen molar-refractivity contribution in [2.75, 3.05) is 0 Å². The van der Waals surface area contributed by atoms with E-state index in [1.54, 1.807) is 6.33 Å². The van der Waals surface area contributed by atoms with Crippen LogP contribution in [-0.2, 0) is 9.31 Å². The minimum atomic E-state index is -0.341. The van der Waals surface area contributed by atoms with E-state index in [2.05, 4.69) is 37.7 Å². The second kappa shape index (κ2) is 3.78. The van der Waals surface area contributed by atoms with Gasteiger partial charge in [0.1, 0.15) is 6.33 Å². The van der Waals surface area contributed by atoms with Crippen molar-refractivity contribution in [3.63, 3.8) is 0 Å². The molecule has 1 saturated carbocycles. The van der Waals surface area contributed by atoms with Gasteiger partial charge in [-0.15, -0.1) is 0 Å². The fraction of sp³-hybridized carbons (Fsp3) is 0.692. The van der Waals surface area contributed by atoms with Crippen LogP contribution in [0.15, 0.2) is 12.5 Å². The SMILES string of the molecule is CC1(C)OB(c2cncnc2C2CC2)OC1(C)C. The summed E-state index contributed by atoms with van der Waals surface area (Å²) in [6, 6.07) is 0. The summed E-state index contributed by atoms with van der Waals surface area (Å²) in [6.07, 6.45) is 5.87. The van der Waals surface area contributed by atoms with Gasteiger partial charge in [-0.25, -0.2) is 9.97 Å². The van der Waals surface area contributed by atoms with Gasteiger partial charge in [-0.1, -0.05) is 0 Å². The summed E-state index contributed by atoms with van der Waals surface area (Å²) in [5.41, 5.74) is 1.48. The molecule has 1 aromatic heterocycles. The van der Waals surface area contributed by atoms with Crippen LogP contribution in [0.4, 0.5) is 0 Å². The van der Waals surface area contributed by atoms with Gasteiger partial charge >= 0.3 is 7.12 Å². The molecule has 0 spiro atoms. The highest BCUT2D eigenvalue weighted by molar-refractivity contribution is 6.62. The topological polar surface area (TPSA) is 44.2 Å². The molecule has 2 heterocycles. The predicted octanol–water partition coefficient (Wildman–Crippen LogP) is 1.65. The summed E-state index contributed by atoms with van der Waals surface area (Å²) in [4.78, 5) is 8.53. The summed E-state index contributed by atoms with van der Waals surface area (Å²) >= 11 is 0. The maximum atomic E-state index is 6.07. The molecule has 2 fully saturated rings. The lowest BCUT2D eigenvalue weighted by atomic mass is 9.78. The van der Waals surface area contributed by atoms with E-state index >= 15 is 0 Å². The van der Waals surface area contributed by atoms with Crippen molar-refractivity contribution in [2.24, 2.45) is 0 Å². The van der Waals surface area contributed by atoms with E-state index in [-0.39, 0.29) is 18.3 Å². The zero-order chi connectivity index (χ0) is 13.0. The summed E-state index contributed by atoms with van der Waals surface area (Å²) in [5, 5.41) is 0. The Morgan fingerprint density at radius 1 is 1.17 bits per heavy atom. The first kappa shape index (κ1) is 12.1. The van der Waals surface area contributed by atoms with Gasteiger partial charge in [-0.2, -0.15) is 0 Å². The minimum Gasteiger partial charge on any atom is -0.399 e. The Morgan fingerprint density at radius 3 is 2.33 bits per heavy atom. The average molecular weight is 246 g/mol. The Kier molecular flexibility index (Phi) is 2.54. The van der Waals surface area contributed by atoms with Gasteiger partial charge in [0.25, 0.3) is 0 Å². The normalized spacial score (nSPS) is 25.4. The second-order valence-corrected chi connectivity index (χ2v) is 6.23. The third kappa shape index (κ3) is 1.86. The molecule has 0 bridgehead atoms. The lowest BCUT2D eigenvalue weighted by Crippen LogP contribution is -2.41. The highest BCUT2D eigenvalue weighted by Crippen LogP contribution is 2.40. The number of nitrogens with zero attached hydrogens (tertiary/aromatic N) is 2. The van der Waals surface area contributed by atoms with E-state index in [1.807, 2.05) is 6.20 Å². The van der Waals surface area contributed by atoms with Gasteiger partial charge in [0, 0.05) is 23.3 Å². The third-order valence-corrected chi connectivity index (χ3v) is 4.24. The summed E-state index contributed by atoms with van der Waals surface area (Å²) in [7, 11) is -0.341. The van der Waals surface area contributed by atoms with Crippen molar-refractivity contribution >= 4 is 12.6 Å². The Bertz CT molecular complexity index is 456. The van der Waals surface area contributed by atoms with Crippen molar-refractivity contribution in [1.82, 2.24) is 9.97 Å². The van der Waals surface area contributed by atoms with Crippen molar-refractivity contribution in [2.45, 2.75) is 57.7 Å². The lowest BCUT2D eigenvalue weighted by molar-refractivity contribution is 0.00578. The van der Waals surface area contributed by atoms with Crippen LogP contribution in [0.25, 0.3) is 0 Å². The van der Waals surface area contributed by atoms with E-state index in [0.717, 1.165) is 11.2 Å². The number of rotatable bonds is 2. The summed E-state index contributed by atoms with van der Waals surface area (Å²) < 4.78 is 12.1. The number of aromatic nitrogens is 2. The maximum absolute atomic E-state index is 6.07. The van der Waals surface area contributed by atoms with Crippen molar-refractivity contribution < 1.29 is 9.31 Å². The standard InChI is InChI=1S/C13H19BN2O2/c1-12(2)13(3,4)18-14(17-12)10-7-15-8-16-11(10)9-5-6-9/h7-9H,5-6H2,1-4H3. The van der Waals surface area contributed by atoms with E-state index in [0.29, 0.717) is 5.92 Å². The quantitative estimate of drug-likeness (QED) is 0.744. The zero-order valence-electron chi connectivity index (χ0n) is 11.4. The number of hydrogen-bond donors (Lipinski definition) is 0. The molecular weight excluding hydrogens is 227 g/mol. The molecule has 5 heteroatoms. The van der Waals surface area contributed by atoms with Crippen LogP contribution in [0.5, 0.6) is 0 Å². The number of hydrogen-bond acceptors (Lipinski definition) is 4. The largest absolute Gasteiger partial charge is 0.498 e. The molecule has 0 radical (unpaired) electrons. The van der Waals surface area contributed by atoms with Gasteiger partial charge in [-0.3, -0.25) is 0 Å². The van der Waals surface area contributed by atoms with Crippen LogP contribution in [0, 0.1) is 0 Å². The van der Waals surface area contributed by atoms with Gasteiger partial charge in [0.05, 0.1) is 11.2 Å². The molecule has 0 N–H and O–H groups in total. The van der Waals surface area contributed by atoms with E-state index < -0.39 is 0 Å². The molecule has 3 rings (SSSR count). The molecule has 0 atom stereocenters. The van der Waals surface area contributed by atoms with Crippen LogP contribution >= 0.6 is 0 Å². The van der Waals surface area contributed by atoms with Crippen LogP contribution in [-0.4, -0.2) is 28.3 Å². The van der Waals surface area contributed by atoms with Crippen molar-refractivity contribution in [3.8, 4) is 0 Å². The van der Waals surface area contributed by atoms with Crippen LogP contribution in [0.3, 0.4) is 0 Å². The Morgan fingerprint density at radius 2 is 1.78 bits per heavy atom. The molecule has 1 aliphatic carbocycles. The first-order valence-electron chi connectivity index (χ1n) is 6.56.